The van der Waals surface area contributed by atoms with E-state index in [1.807, 2.05) is 59.4 Å². The minimum Gasteiger partial charge on any atom is -0.497 e. The second-order valence-electron chi connectivity index (χ2n) is 6.97. The van der Waals surface area contributed by atoms with Gasteiger partial charge in [-0.15, -0.1) is 0 Å². The summed E-state index contributed by atoms with van der Waals surface area (Å²) in [6.07, 6.45) is 4.53. The Hall–Kier alpha value is -3.28. The van der Waals surface area contributed by atoms with Gasteiger partial charge in [0.1, 0.15) is 11.5 Å². The van der Waals surface area contributed by atoms with E-state index in [1.165, 1.54) is 0 Å². The Morgan fingerprint density at radius 2 is 2.21 bits per heavy atom. The average molecular weight is 377 g/mol. The molecule has 1 atom stereocenters. The average Bonchev–Trinajstić information content (AvgIpc) is 3.24. The van der Waals surface area contributed by atoms with E-state index in [1.54, 1.807) is 13.3 Å². The van der Waals surface area contributed by atoms with Gasteiger partial charge in [0, 0.05) is 36.5 Å². The number of hydrogen-bond donors (Lipinski definition) is 1. The highest BCUT2D eigenvalue weighted by atomic mass is 16.5. The Bertz CT molecular complexity index is 953. The zero-order chi connectivity index (χ0) is 19.3. The molecule has 0 radical (unpaired) electrons. The van der Waals surface area contributed by atoms with Crippen LogP contribution in [0.4, 0.5) is 0 Å². The van der Waals surface area contributed by atoms with E-state index in [0.717, 1.165) is 29.0 Å². The largest absolute Gasteiger partial charge is 0.497 e. The molecule has 0 spiro atoms. The monoisotopic (exact) mass is 377 g/mol. The molecule has 0 aliphatic carbocycles. The van der Waals surface area contributed by atoms with Crippen molar-refractivity contribution in [1.29, 1.82) is 0 Å². The number of rotatable bonds is 6. The first-order valence-electron chi connectivity index (χ1n) is 9.35. The molecule has 2 aromatic carbocycles. The molecule has 1 N–H and O–H groups in total. The van der Waals surface area contributed by atoms with E-state index in [4.69, 9.17) is 9.47 Å². The fraction of sp³-hybridized carbons (Fsp3) is 0.273. The smallest absolute Gasteiger partial charge is 0.251 e. The summed E-state index contributed by atoms with van der Waals surface area (Å²) in [5.41, 5.74) is 2.85. The molecule has 6 nitrogen and oxygen atoms in total. The van der Waals surface area contributed by atoms with Gasteiger partial charge in [-0.2, -0.15) is 5.10 Å². The van der Waals surface area contributed by atoms with Crippen LogP contribution in [-0.4, -0.2) is 35.9 Å². The van der Waals surface area contributed by atoms with Crippen LogP contribution in [0.5, 0.6) is 11.5 Å². The summed E-state index contributed by atoms with van der Waals surface area (Å²) in [7, 11) is 1.65. The van der Waals surface area contributed by atoms with Crippen molar-refractivity contribution in [1.82, 2.24) is 15.1 Å². The molecule has 6 heteroatoms. The summed E-state index contributed by atoms with van der Waals surface area (Å²) in [4.78, 5) is 12.6. The predicted molar refractivity (Wildman–Crippen MR) is 106 cm³/mol. The van der Waals surface area contributed by atoms with Crippen LogP contribution in [0.3, 0.4) is 0 Å². The fourth-order valence-electron chi connectivity index (χ4n) is 3.40. The molecule has 4 rings (SSSR count). The number of fused-ring (bicyclic) bond motifs is 1. The maximum atomic E-state index is 12.6. The summed E-state index contributed by atoms with van der Waals surface area (Å²) >= 11 is 0. The van der Waals surface area contributed by atoms with Crippen LogP contribution in [0.15, 0.2) is 60.9 Å². The highest BCUT2D eigenvalue weighted by Gasteiger charge is 2.21. The summed E-state index contributed by atoms with van der Waals surface area (Å²) in [6, 6.07) is 15.4. The zero-order valence-electron chi connectivity index (χ0n) is 15.8. The molecule has 28 heavy (non-hydrogen) atoms. The van der Waals surface area contributed by atoms with Crippen LogP contribution in [0.1, 0.15) is 21.5 Å². The molecule has 0 fully saturated rings. The molecule has 1 amide bonds. The van der Waals surface area contributed by atoms with Crippen LogP contribution in [0, 0.1) is 5.92 Å². The van der Waals surface area contributed by atoms with E-state index in [2.05, 4.69) is 10.4 Å². The van der Waals surface area contributed by atoms with Gasteiger partial charge in [0.05, 0.1) is 20.3 Å². The Labute approximate surface area is 164 Å². The van der Waals surface area contributed by atoms with E-state index in [9.17, 15) is 4.79 Å². The van der Waals surface area contributed by atoms with E-state index < -0.39 is 0 Å². The van der Waals surface area contributed by atoms with E-state index in [-0.39, 0.29) is 11.8 Å². The van der Waals surface area contributed by atoms with Crippen LogP contribution in [0.25, 0.3) is 0 Å². The molecule has 0 saturated heterocycles. The number of nitrogens with one attached hydrogen (secondary N) is 1. The Kier molecular flexibility index (Phi) is 5.28. The normalized spacial score (nSPS) is 15.4. The first kappa shape index (κ1) is 18.1. The van der Waals surface area contributed by atoms with Gasteiger partial charge in [-0.3, -0.25) is 9.48 Å². The van der Waals surface area contributed by atoms with Gasteiger partial charge in [0.15, 0.2) is 0 Å². The van der Waals surface area contributed by atoms with Crippen molar-refractivity contribution in [3.05, 3.63) is 77.6 Å². The summed E-state index contributed by atoms with van der Waals surface area (Å²) in [5.74, 6) is 1.84. The lowest BCUT2D eigenvalue weighted by molar-refractivity contribution is 0.0939. The van der Waals surface area contributed by atoms with Crippen molar-refractivity contribution in [3.8, 4) is 11.5 Å². The van der Waals surface area contributed by atoms with Crippen LogP contribution in [0.2, 0.25) is 0 Å². The first-order valence-corrected chi connectivity index (χ1v) is 9.35. The number of methoxy groups -OCH3 is 1. The van der Waals surface area contributed by atoms with Crippen molar-refractivity contribution in [2.45, 2.75) is 13.0 Å². The van der Waals surface area contributed by atoms with E-state index >= 15 is 0 Å². The van der Waals surface area contributed by atoms with Gasteiger partial charge in [-0.25, -0.2) is 0 Å². The second-order valence-corrected chi connectivity index (χ2v) is 6.97. The number of hydrogen-bond acceptors (Lipinski definition) is 4. The molecule has 1 aromatic heterocycles. The minimum absolute atomic E-state index is 0.0668. The Morgan fingerprint density at radius 1 is 1.29 bits per heavy atom. The number of amides is 1. The molecular formula is C22H23N3O3. The minimum atomic E-state index is -0.0668. The highest BCUT2D eigenvalue weighted by molar-refractivity contribution is 5.94. The molecule has 0 unspecified atom stereocenters. The van der Waals surface area contributed by atoms with Gasteiger partial charge >= 0.3 is 0 Å². The van der Waals surface area contributed by atoms with E-state index in [0.29, 0.717) is 25.3 Å². The lowest BCUT2D eigenvalue weighted by Gasteiger charge is -2.25. The van der Waals surface area contributed by atoms with Gasteiger partial charge in [-0.05, 0) is 41.8 Å². The van der Waals surface area contributed by atoms with Crippen molar-refractivity contribution in [2.75, 3.05) is 20.3 Å². The number of carbonyl (C=O) groups excluding carboxylic acids is 1. The summed E-state index contributed by atoms with van der Waals surface area (Å²) < 4.78 is 12.9. The van der Waals surface area contributed by atoms with Gasteiger partial charge < -0.3 is 14.8 Å². The van der Waals surface area contributed by atoms with Crippen molar-refractivity contribution in [2.24, 2.45) is 5.92 Å². The zero-order valence-corrected chi connectivity index (χ0v) is 15.8. The van der Waals surface area contributed by atoms with Crippen molar-refractivity contribution in [3.63, 3.8) is 0 Å². The van der Waals surface area contributed by atoms with Crippen molar-refractivity contribution >= 4 is 5.91 Å². The standard InChI is InChI=1S/C22H23N3O3/c1-27-20-7-6-18-11-17(15-28-21(18)12-20)13-23-22(26)19-5-2-4-16(10-19)14-25-9-3-8-24-25/h2-10,12,17H,11,13-15H2,1H3,(H,23,26)/t17-/m1/s1. The number of benzene rings is 2. The topological polar surface area (TPSA) is 65.4 Å². The highest BCUT2D eigenvalue weighted by Crippen LogP contribution is 2.30. The van der Waals surface area contributed by atoms with Gasteiger partial charge in [0.2, 0.25) is 0 Å². The maximum absolute atomic E-state index is 12.6. The van der Waals surface area contributed by atoms with Gasteiger partial charge in [0.25, 0.3) is 5.91 Å². The van der Waals surface area contributed by atoms with Gasteiger partial charge in [-0.1, -0.05) is 18.2 Å². The quantitative estimate of drug-likeness (QED) is 0.717. The first-order chi connectivity index (χ1) is 13.7. The summed E-state index contributed by atoms with van der Waals surface area (Å²) in [6.45, 7) is 1.80. The molecule has 3 aromatic rings. The number of aromatic nitrogens is 2. The third-order valence-electron chi connectivity index (χ3n) is 4.90. The molecule has 1 aliphatic rings. The molecule has 2 heterocycles. The molecular weight excluding hydrogens is 354 g/mol. The maximum Gasteiger partial charge on any atom is 0.251 e. The number of ether oxygens (including phenoxy) is 2. The SMILES string of the molecule is COc1ccc2c(c1)OC[C@@H](CNC(=O)c1cccc(Cn3cccn3)c1)C2. The van der Waals surface area contributed by atoms with Crippen LogP contribution in [-0.2, 0) is 13.0 Å². The van der Waals surface area contributed by atoms with Crippen molar-refractivity contribution < 1.29 is 14.3 Å². The third-order valence-corrected chi connectivity index (χ3v) is 4.90. The lowest BCUT2D eigenvalue weighted by atomic mass is 9.96. The number of carbonyl (C=O) groups is 1. The fourth-order valence-corrected chi connectivity index (χ4v) is 3.40. The predicted octanol–water partition coefficient (Wildman–Crippen LogP) is 2.92. The van der Waals surface area contributed by atoms with Crippen LogP contribution < -0.4 is 14.8 Å². The molecule has 0 bridgehead atoms. The molecule has 144 valence electrons. The Morgan fingerprint density at radius 3 is 3.04 bits per heavy atom. The molecule has 1 aliphatic heterocycles. The second kappa shape index (κ2) is 8.17. The lowest BCUT2D eigenvalue weighted by Crippen LogP contribution is -2.34. The Balaban J connectivity index is 1.34. The number of nitrogens with zero attached hydrogens (tertiary/aromatic N) is 2. The summed E-state index contributed by atoms with van der Waals surface area (Å²) in [5, 5.41) is 7.25. The van der Waals surface area contributed by atoms with Crippen LogP contribution >= 0.6 is 0 Å². The third kappa shape index (κ3) is 4.17. The molecule has 0 saturated carbocycles.